The van der Waals surface area contributed by atoms with E-state index in [-0.39, 0.29) is 10.8 Å². The van der Waals surface area contributed by atoms with Crippen LogP contribution in [0.1, 0.15) is 23.1 Å². The monoisotopic (exact) mass is 388 g/mol. The van der Waals surface area contributed by atoms with Crippen molar-refractivity contribution in [3.8, 4) is 5.75 Å². The second-order valence-electron chi connectivity index (χ2n) is 6.93. The van der Waals surface area contributed by atoms with Gasteiger partial charge < -0.3 is 4.74 Å². The Balaban J connectivity index is 1.88. The van der Waals surface area contributed by atoms with Gasteiger partial charge in [-0.1, -0.05) is 60.7 Å². The lowest BCUT2D eigenvalue weighted by molar-refractivity contribution is -0.525. The van der Waals surface area contributed by atoms with Crippen molar-refractivity contribution >= 4 is 11.6 Å². The van der Waals surface area contributed by atoms with Crippen LogP contribution in [0.25, 0.3) is 0 Å². The Morgan fingerprint density at radius 3 is 1.93 bits per heavy atom. The third-order valence-corrected chi connectivity index (χ3v) is 5.34. The average molecular weight is 388 g/mol. The molecule has 0 radical (unpaired) electrons. The molecular weight excluding hydrogens is 368 g/mol. The van der Waals surface area contributed by atoms with Crippen LogP contribution in [0.3, 0.4) is 0 Å². The maximum Gasteiger partial charge on any atom is 0.253 e. The second-order valence-corrected chi connectivity index (χ2v) is 6.93. The predicted octanol–water partition coefficient (Wildman–Crippen LogP) is 4.21. The van der Waals surface area contributed by atoms with E-state index in [2.05, 4.69) is 0 Å². The lowest BCUT2D eigenvalue weighted by Crippen LogP contribution is -2.33. The molecule has 4 rings (SSSR count). The van der Waals surface area contributed by atoms with Crippen LogP contribution in [0.2, 0.25) is 0 Å². The molecule has 0 bridgehead atoms. The van der Waals surface area contributed by atoms with Gasteiger partial charge in [-0.05, 0) is 35.4 Å². The number of amides is 1. The summed E-state index contributed by atoms with van der Waals surface area (Å²) in [5.41, 5.74) is 1.99. The summed E-state index contributed by atoms with van der Waals surface area (Å²) in [6.45, 7) is 0. The van der Waals surface area contributed by atoms with Gasteiger partial charge in [-0.25, -0.2) is 0 Å². The van der Waals surface area contributed by atoms with Crippen molar-refractivity contribution in [3.05, 3.63) is 106 Å². The minimum Gasteiger partial charge on any atom is -0.497 e. The van der Waals surface area contributed by atoms with Crippen molar-refractivity contribution in [2.24, 2.45) is 0 Å². The van der Waals surface area contributed by atoms with Gasteiger partial charge in [0.15, 0.2) is 0 Å². The molecule has 0 aromatic heterocycles. The normalized spacial score (nSPS) is 21.2. The second kappa shape index (κ2) is 7.75. The van der Waals surface area contributed by atoms with Gasteiger partial charge in [0.1, 0.15) is 17.7 Å². The van der Waals surface area contributed by atoms with Crippen LogP contribution in [0.4, 0.5) is 5.69 Å². The molecule has 1 amide bonds. The number of hydrogen-bond acceptors (Lipinski definition) is 4. The highest BCUT2D eigenvalue weighted by atomic mass is 16.6. The van der Waals surface area contributed by atoms with E-state index in [0.717, 1.165) is 5.56 Å². The molecule has 3 aromatic carbocycles. The fourth-order valence-corrected chi connectivity index (χ4v) is 4.03. The molecule has 6 nitrogen and oxygen atoms in total. The zero-order valence-electron chi connectivity index (χ0n) is 15.8. The lowest BCUT2D eigenvalue weighted by Gasteiger charge is -2.25. The van der Waals surface area contributed by atoms with E-state index in [9.17, 15) is 14.9 Å². The fourth-order valence-electron chi connectivity index (χ4n) is 4.03. The van der Waals surface area contributed by atoms with Gasteiger partial charge in [0, 0.05) is 10.6 Å². The van der Waals surface area contributed by atoms with Crippen molar-refractivity contribution in [2.75, 3.05) is 12.0 Å². The molecule has 1 saturated heterocycles. The number of carbonyl (C=O) groups excluding carboxylic acids is 1. The highest BCUT2D eigenvalue weighted by Gasteiger charge is 2.57. The van der Waals surface area contributed by atoms with Crippen molar-refractivity contribution in [3.63, 3.8) is 0 Å². The molecule has 1 heterocycles. The van der Waals surface area contributed by atoms with Crippen LogP contribution in [-0.4, -0.2) is 24.0 Å². The van der Waals surface area contributed by atoms with Crippen LogP contribution in [0, 0.1) is 10.1 Å². The Kier molecular flexibility index (Phi) is 4.99. The maximum atomic E-state index is 13.5. The van der Waals surface area contributed by atoms with Crippen LogP contribution < -0.4 is 9.64 Å². The van der Waals surface area contributed by atoms with E-state index in [4.69, 9.17) is 4.74 Å². The summed E-state index contributed by atoms with van der Waals surface area (Å²) in [4.78, 5) is 27.0. The van der Waals surface area contributed by atoms with Crippen molar-refractivity contribution < 1.29 is 14.5 Å². The van der Waals surface area contributed by atoms with Gasteiger partial charge in [-0.3, -0.25) is 19.8 Å². The van der Waals surface area contributed by atoms with Crippen LogP contribution in [0.5, 0.6) is 5.75 Å². The number of rotatable bonds is 5. The predicted molar refractivity (Wildman–Crippen MR) is 110 cm³/mol. The molecule has 3 aromatic rings. The van der Waals surface area contributed by atoms with Crippen LogP contribution in [-0.2, 0) is 4.79 Å². The van der Waals surface area contributed by atoms with Gasteiger partial charge in [0.25, 0.3) is 6.04 Å². The molecule has 0 spiro atoms. The Hall–Kier alpha value is -3.67. The third-order valence-electron chi connectivity index (χ3n) is 5.34. The first-order chi connectivity index (χ1) is 14.1. The molecular formula is C23H20N2O4. The molecule has 0 aliphatic carbocycles. The summed E-state index contributed by atoms with van der Waals surface area (Å²) < 4.78 is 5.21. The zero-order chi connectivity index (χ0) is 20.4. The van der Waals surface area contributed by atoms with Crippen molar-refractivity contribution in [1.82, 2.24) is 0 Å². The van der Waals surface area contributed by atoms with E-state index in [1.807, 2.05) is 36.4 Å². The topological polar surface area (TPSA) is 72.7 Å². The molecule has 3 atom stereocenters. The minimum absolute atomic E-state index is 0.281. The van der Waals surface area contributed by atoms with E-state index in [0.29, 0.717) is 17.0 Å². The van der Waals surface area contributed by atoms with Gasteiger partial charge in [-0.2, -0.15) is 0 Å². The summed E-state index contributed by atoms with van der Waals surface area (Å²) >= 11 is 0. The van der Waals surface area contributed by atoms with Gasteiger partial charge in [-0.15, -0.1) is 0 Å². The number of nitrogens with zero attached hydrogens (tertiary/aromatic N) is 2. The Bertz CT molecular complexity index is 1010. The number of benzene rings is 3. The van der Waals surface area contributed by atoms with E-state index >= 15 is 0 Å². The first-order valence-electron chi connectivity index (χ1n) is 9.32. The molecule has 0 unspecified atom stereocenters. The Morgan fingerprint density at radius 1 is 0.862 bits per heavy atom. The number of anilines is 1. The standard InChI is InChI=1S/C23H20N2O4/c1-29-19-14-12-18(13-15-19)24-21(17-10-6-3-7-11-17)22(25(27)28)20(23(24)26)16-8-4-2-5-9-16/h2-15,20-22H,1H3/t20-,21+,22-/m0/s1. The largest absolute Gasteiger partial charge is 0.497 e. The molecule has 1 aliphatic heterocycles. The highest BCUT2D eigenvalue weighted by molar-refractivity contribution is 6.02. The SMILES string of the molecule is COc1ccc(N2C(=O)[C@@H](c3ccccc3)[C@H]([N+](=O)[O-])[C@H]2c2ccccc2)cc1. The third kappa shape index (κ3) is 3.33. The van der Waals surface area contributed by atoms with E-state index in [1.165, 1.54) is 0 Å². The molecule has 29 heavy (non-hydrogen) atoms. The van der Waals surface area contributed by atoms with Crippen LogP contribution in [0.15, 0.2) is 84.9 Å². The summed E-state index contributed by atoms with van der Waals surface area (Å²) in [7, 11) is 1.57. The Labute approximate surface area is 168 Å². The average Bonchev–Trinajstić information content (AvgIpc) is 3.08. The minimum atomic E-state index is -1.10. The summed E-state index contributed by atoms with van der Waals surface area (Å²) in [5.74, 6) is -0.488. The number of hydrogen-bond donors (Lipinski definition) is 0. The smallest absolute Gasteiger partial charge is 0.253 e. The van der Waals surface area contributed by atoms with Crippen molar-refractivity contribution in [1.29, 1.82) is 0 Å². The summed E-state index contributed by atoms with van der Waals surface area (Å²) in [5, 5.41) is 12.2. The van der Waals surface area contributed by atoms with E-state index in [1.54, 1.807) is 60.5 Å². The van der Waals surface area contributed by atoms with Gasteiger partial charge in [0.2, 0.25) is 5.91 Å². The lowest BCUT2D eigenvalue weighted by atomic mass is 9.89. The van der Waals surface area contributed by atoms with E-state index < -0.39 is 18.0 Å². The quantitative estimate of drug-likeness (QED) is 0.485. The number of ether oxygens (including phenoxy) is 1. The highest BCUT2D eigenvalue weighted by Crippen LogP contribution is 2.45. The Morgan fingerprint density at radius 2 is 1.41 bits per heavy atom. The number of carbonyl (C=O) groups is 1. The summed E-state index contributed by atoms with van der Waals surface area (Å²) in [6.07, 6.45) is 0. The molecule has 1 fully saturated rings. The molecule has 6 heteroatoms. The van der Waals surface area contributed by atoms with Crippen LogP contribution >= 0.6 is 0 Å². The van der Waals surface area contributed by atoms with Gasteiger partial charge >= 0.3 is 0 Å². The van der Waals surface area contributed by atoms with Gasteiger partial charge in [0.05, 0.1) is 7.11 Å². The first-order valence-corrected chi connectivity index (χ1v) is 9.32. The number of methoxy groups -OCH3 is 1. The molecule has 0 saturated carbocycles. The van der Waals surface area contributed by atoms with Crippen molar-refractivity contribution in [2.45, 2.75) is 18.0 Å². The molecule has 0 N–H and O–H groups in total. The molecule has 146 valence electrons. The maximum absolute atomic E-state index is 13.5. The number of nitro groups is 1. The zero-order valence-corrected chi connectivity index (χ0v) is 15.8. The summed E-state index contributed by atoms with van der Waals surface area (Å²) in [6, 6.07) is 23.4. The molecule has 1 aliphatic rings. The first kappa shape index (κ1) is 18.7. The fraction of sp³-hybridized carbons (Fsp3) is 0.174.